The normalized spacial score (nSPS) is 10.5. The van der Waals surface area contributed by atoms with Gasteiger partial charge in [-0.2, -0.15) is 0 Å². The van der Waals surface area contributed by atoms with E-state index in [0.29, 0.717) is 23.4 Å². The van der Waals surface area contributed by atoms with E-state index in [1.54, 1.807) is 6.20 Å². The van der Waals surface area contributed by atoms with Crippen LogP contribution in [0, 0.1) is 23.5 Å². The molecule has 0 saturated carbocycles. The molecule has 0 radical (unpaired) electrons. The number of pyridine rings is 1. The third-order valence-corrected chi connectivity index (χ3v) is 5.30. The summed E-state index contributed by atoms with van der Waals surface area (Å²) in [5, 5.41) is 6.65. The van der Waals surface area contributed by atoms with Crippen LogP contribution < -0.4 is 21.9 Å². The molecule has 0 saturated heterocycles. The van der Waals surface area contributed by atoms with Gasteiger partial charge in [-0.3, -0.25) is 19.1 Å². The predicted octanol–water partition coefficient (Wildman–Crippen LogP) is 2.91. The van der Waals surface area contributed by atoms with Gasteiger partial charge in [0.2, 0.25) is 0 Å². The second-order valence-electron chi connectivity index (χ2n) is 7.82. The average molecular weight is 488 g/mol. The first-order chi connectivity index (χ1) is 17.4. The number of carbonyl (C=O) groups excluding carboxylic acids is 1. The van der Waals surface area contributed by atoms with Gasteiger partial charge >= 0.3 is 0 Å². The van der Waals surface area contributed by atoms with Gasteiger partial charge in [0.15, 0.2) is 11.6 Å². The number of nitrogen functional groups attached to an aromatic ring is 1. The van der Waals surface area contributed by atoms with Crippen LogP contribution in [0.3, 0.4) is 0 Å². The van der Waals surface area contributed by atoms with E-state index < -0.39 is 23.1 Å². The highest BCUT2D eigenvalue weighted by atomic mass is 19.2. The van der Waals surface area contributed by atoms with Gasteiger partial charge in [0.25, 0.3) is 11.5 Å². The number of hydrogen-bond acceptors (Lipinski definition) is 6. The van der Waals surface area contributed by atoms with Crippen molar-refractivity contribution >= 4 is 28.2 Å². The zero-order valence-corrected chi connectivity index (χ0v) is 19.3. The van der Waals surface area contributed by atoms with Crippen molar-refractivity contribution in [3.63, 3.8) is 0 Å². The number of nitrogens with two attached hydrogens (primary N) is 1. The van der Waals surface area contributed by atoms with Gasteiger partial charge in [0.1, 0.15) is 5.56 Å². The van der Waals surface area contributed by atoms with E-state index in [0.717, 1.165) is 39.5 Å². The third-order valence-electron chi connectivity index (χ3n) is 5.30. The summed E-state index contributed by atoms with van der Waals surface area (Å²) < 4.78 is 27.8. The van der Waals surface area contributed by atoms with Crippen molar-refractivity contribution in [2.24, 2.45) is 0 Å². The number of benzene rings is 2. The molecule has 10 heteroatoms. The Bertz CT molecular complexity index is 1570. The summed E-state index contributed by atoms with van der Waals surface area (Å²) >= 11 is 0. The fourth-order valence-corrected chi connectivity index (χ4v) is 3.58. The molecule has 1 amide bonds. The van der Waals surface area contributed by atoms with Gasteiger partial charge in [-0.15, -0.1) is 0 Å². The number of hydrogen-bond donors (Lipinski definition) is 3. The Hall–Kier alpha value is -4.78. The highest BCUT2D eigenvalue weighted by molar-refractivity contribution is 5.97. The molecule has 182 valence electrons. The van der Waals surface area contributed by atoms with Gasteiger partial charge in [-0.05, 0) is 42.8 Å². The van der Waals surface area contributed by atoms with Gasteiger partial charge in [-0.25, -0.2) is 13.8 Å². The molecule has 36 heavy (non-hydrogen) atoms. The fraction of sp³-hybridized carbons (Fsp3) is 0.154. The van der Waals surface area contributed by atoms with Crippen LogP contribution in [0.25, 0.3) is 10.9 Å². The minimum absolute atomic E-state index is 0.0103. The van der Waals surface area contributed by atoms with Gasteiger partial charge in [0, 0.05) is 23.7 Å². The molecule has 4 N–H and O–H groups in total. The molecule has 0 aliphatic heterocycles. The Morgan fingerprint density at radius 3 is 2.75 bits per heavy atom. The molecule has 0 spiro atoms. The van der Waals surface area contributed by atoms with Gasteiger partial charge in [-0.1, -0.05) is 17.9 Å². The van der Waals surface area contributed by atoms with Crippen LogP contribution in [-0.4, -0.2) is 33.5 Å². The lowest BCUT2D eigenvalue weighted by Crippen LogP contribution is -2.33. The molecule has 0 aliphatic rings. The van der Waals surface area contributed by atoms with Crippen LogP contribution in [0.2, 0.25) is 0 Å². The number of anilines is 2. The Labute approximate surface area is 205 Å². The summed E-state index contributed by atoms with van der Waals surface area (Å²) in [6, 6.07) is 8.83. The lowest BCUT2D eigenvalue weighted by molar-refractivity contribution is 0.0956. The number of rotatable bonds is 6. The van der Waals surface area contributed by atoms with Crippen LogP contribution in [-0.2, 0) is 6.54 Å². The van der Waals surface area contributed by atoms with E-state index in [1.807, 2.05) is 25.1 Å². The number of aromatic nitrogens is 3. The molecule has 0 atom stereocenters. The molecule has 0 bridgehead atoms. The number of nitrogens with zero attached hydrogens (tertiary/aromatic N) is 3. The lowest BCUT2D eigenvalue weighted by Gasteiger charge is -2.10. The zero-order chi connectivity index (χ0) is 25.7. The van der Waals surface area contributed by atoms with Crippen molar-refractivity contribution in [3.05, 3.63) is 93.8 Å². The molecular weight excluding hydrogens is 466 g/mol. The molecule has 0 unspecified atom stereocenters. The quantitative estimate of drug-likeness (QED) is 0.360. The monoisotopic (exact) mass is 488 g/mol. The minimum atomic E-state index is -1.02. The maximum Gasteiger partial charge on any atom is 0.266 e. The largest absolute Gasteiger partial charge is 0.396 e. The first kappa shape index (κ1) is 24.3. The van der Waals surface area contributed by atoms with Crippen LogP contribution in [0.5, 0.6) is 0 Å². The number of nitrogens with one attached hydrogen (secondary N) is 2. The molecule has 2 aromatic heterocycles. The average Bonchev–Trinajstić information content (AvgIpc) is 2.87. The number of fused-ring (bicyclic) bond motifs is 1. The number of carbonyl (C=O) groups is 1. The lowest BCUT2D eigenvalue weighted by atomic mass is 10.1. The van der Waals surface area contributed by atoms with E-state index in [1.165, 1.54) is 12.4 Å². The zero-order valence-electron chi connectivity index (χ0n) is 19.3. The first-order valence-corrected chi connectivity index (χ1v) is 11.0. The number of amides is 1. The SMILES string of the molecule is CCNc1c(N)cnc2ccc(C#CCNC(=O)c3cncn(Cc4ccc(F)c(F)c4)c3=O)cc12. The predicted molar refractivity (Wildman–Crippen MR) is 133 cm³/mol. The topological polar surface area (TPSA) is 115 Å². The molecule has 4 aromatic rings. The molecule has 4 rings (SSSR count). The smallest absolute Gasteiger partial charge is 0.266 e. The van der Waals surface area contributed by atoms with Crippen molar-refractivity contribution in [1.29, 1.82) is 0 Å². The Morgan fingerprint density at radius 1 is 1.14 bits per heavy atom. The molecule has 0 aliphatic carbocycles. The van der Waals surface area contributed by atoms with Crippen molar-refractivity contribution in [3.8, 4) is 11.8 Å². The summed E-state index contributed by atoms with van der Waals surface area (Å²) in [5.41, 5.74) is 8.39. The molecular formula is C26H22F2N6O2. The van der Waals surface area contributed by atoms with Crippen molar-refractivity contribution in [2.75, 3.05) is 24.1 Å². The van der Waals surface area contributed by atoms with Gasteiger partial charge < -0.3 is 16.4 Å². The summed E-state index contributed by atoms with van der Waals surface area (Å²) in [4.78, 5) is 33.5. The second kappa shape index (κ2) is 10.7. The van der Waals surface area contributed by atoms with Crippen LogP contribution >= 0.6 is 0 Å². The highest BCUT2D eigenvalue weighted by Crippen LogP contribution is 2.28. The Kier molecular flexibility index (Phi) is 7.20. The number of halogens is 2. The standard InChI is InChI=1S/C26H22F2N6O2/c1-2-31-24-18-10-16(6-8-23(18)33-13-22(24)29)4-3-9-32-25(35)19-12-30-15-34(26(19)36)14-17-5-7-20(27)21(28)11-17/h5-8,10-13,15H,2,9,14,29H2,1H3,(H,31,33)(H,32,35). The minimum Gasteiger partial charge on any atom is -0.396 e. The summed E-state index contributed by atoms with van der Waals surface area (Å²) in [5.74, 6) is 3.18. The van der Waals surface area contributed by atoms with Crippen LogP contribution in [0.4, 0.5) is 20.2 Å². The highest BCUT2D eigenvalue weighted by Gasteiger charge is 2.13. The van der Waals surface area contributed by atoms with Crippen LogP contribution in [0.1, 0.15) is 28.4 Å². The van der Waals surface area contributed by atoms with Crippen molar-refractivity contribution in [1.82, 2.24) is 19.9 Å². The Balaban J connectivity index is 1.46. The summed E-state index contributed by atoms with van der Waals surface area (Å²) in [6.45, 7) is 2.59. The van der Waals surface area contributed by atoms with Crippen LogP contribution in [0.15, 0.2) is 59.9 Å². The molecule has 0 fully saturated rings. The van der Waals surface area contributed by atoms with E-state index >= 15 is 0 Å². The second-order valence-corrected chi connectivity index (χ2v) is 7.82. The van der Waals surface area contributed by atoms with E-state index in [9.17, 15) is 18.4 Å². The fourth-order valence-electron chi connectivity index (χ4n) is 3.58. The first-order valence-electron chi connectivity index (χ1n) is 11.0. The Morgan fingerprint density at radius 2 is 1.97 bits per heavy atom. The van der Waals surface area contributed by atoms with E-state index in [2.05, 4.69) is 32.4 Å². The molecule has 2 aromatic carbocycles. The van der Waals surface area contributed by atoms with Crippen molar-refractivity contribution < 1.29 is 13.6 Å². The van der Waals surface area contributed by atoms with E-state index in [4.69, 9.17) is 5.73 Å². The van der Waals surface area contributed by atoms with Gasteiger partial charge in [0.05, 0.1) is 42.5 Å². The third kappa shape index (κ3) is 5.31. The molecule has 2 heterocycles. The summed E-state index contributed by atoms with van der Waals surface area (Å²) in [6.07, 6.45) is 3.98. The van der Waals surface area contributed by atoms with Crippen molar-refractivity contribution in [2.45, 2.75) is 13.5 Å². The van der Waals surface area contributed by atoms with E-state index in [-0.39, 0.29) is 18.7 Å². The maximum atomic E-state index is 13.5. The summed E-state index contributed by atoms with van der Waals surface area (Å²) in [7, 11) is 0. The maximum absolute atomic E-state index is 13.5. The molecule has 8 nitrogen and oxygen atoms in total.